The molecule has 11 amide bonds. The minimum Gasteiger partial charge on any atom is -0.394 e. The molecular formula is C45H84N16O14. The Morgan fingerprint density at radius 2 is 1.09 bits per heavy atom. The van der Waals surface area contributed by atoms with Crippen LogP contribution in [0.5, 0.6) is 0 Å². The normalized spacial score (nSPS) is 22.9. The smallest absolute Gasteiger partial charge is 0.245 e. The van der Waals surface area contributed by atoms with Crippen molar-refractivity contribution in [1.82, 2.24) is 58.5 Å². The zero-order chi connectivity index (χ0) is 56.6. The summed E-state index contributed by atoms with van der Waals surface area (Å²) < 4.78 is 0. The van der Waals surface area contributed by atoms with E-state index in [2.05, 4.69) is 65.4 Å². The van der Waals surface area contributed by atoms with Crippen LogP contribution < -0.4 is 87.2 Å². The third kappa shape index (κ3) is 24.8. The molecule has 1 saturated heterocycles. The van der Waals surface area contributed by atoms with Gasteiger partial charge in [-0.25, -0.2) is 0 Å². The molecule has 0 aliphatic carbocycles. The molecule has 30 nitrogen and oxygen atoms in total. The molecule has 0 spiro atoms. The van der Waals surface area contributed by atoms with E-state index in [9.17, 15) is 68.1 Å². The molecular weight excluding hydrogens is 989 g/mol. The molecule has 0 radical (unpaired) electrons. The molecule has 30 heteroatoms. The summed E-state index contributed by atoms with van der Waals surface area (Å²) >= 11 is 0. The minimum absolute atomic E-state index is 0.0161. The minimum atomic E-state index is -1.70. The molecule has 1 fully saturated rings. The zero-order valence-corrected chi connectivity index (χ0v) is 43.2. The van der Waals surface area contributed by atoms with Crippen molar-refractivity contribution in [3.8, 4) is 0 Å². The number of rotatable bonds is 26. The fourth-order valence-electron chi connectivity index (χ4n) is 7.45. The Balaban J connectivity index is 3.59. The van der Waals surface area contributed by atoms with Crippen molar-refractivity contribution >= 4 is 65.0 Å². The Morgan fingerprint density at radius 3 is 1.61 bits per heavy atom. The molecule has 1 heterocycles. The van der Waals surface area contributed by atoms with Crippen LogP contribution in [0.1, 0.15) is 97.8 Å². The van der Waals surface area contributed by atoms with Crippen molar-refractivity contribution in [3.63, 3.8) is 0 Å². The Morgan fingerprint density at radius 1 is 0.587 bits per heavy atom. The number of hydrogen-bond donors (Lipinski definition) is 19. The van der Waals surface area contributed by atoms with E-state index in [1.807, 2.05) is 0 Å². The van der Waals surface area contributed by atoms with Crippen molar-refractivity contribution in [3.05, 3.63) is 0 Å². The summed E-state index contributed by atoms with van der Waals surface area (Å²) in [7, 11) is 0. The van der Waals surface area contributed by atoms with Gasteiger partial charge in [0.1, 0.15) is 54.4 Å². The summed E-state index contributed by atoms with van der Waals surface area (Å²) in [4.78, 5) is 148. The van der Waals surface area contributed by atoms with E-state index in [0.717, 1.165) is 32.6 Å². The highest BCUT2D eigenvalue weighted by Crippen LogP contribution is 2.08. The Labute approximate surface area is 436 Å². The summed E-state index contributed by atoms with van der Waals surface area (Å²) in [6.45, 7) is 1.36. The van der Waals surface area contributed by atoms with E-state index < -0.39 is 158 Å². The van der Waals surface area contributed by atoms with Crippen molar-refractivity contribution in [2.75, 3.05) is 52.4 Å². The second-order valence-corrected chi connectivity index (χ2v) is 18.0. The summed E-state index contributed by atoms with van der Waals surface area (Å²) in [5.74, 6) is -10.4. The van der Waals surface area contributed by atoms with E-state index in [1.165, 1.54) is 6.92 Å². The number of carbonyl (C=O) groups excluding carboxylic acids is 11. The van der Waals surface area contributed by atoms with E-state index in [4.69, 9.17) is 28.7 Å². The first kappa shape index (κ1) is 66.9. The van der Waals surface area contributed by atoms with Crippen LogP contribution in [-0.4, -0.2) is 199 Å². The lowest BCUT2D eigenvalue weighted by molar-refractivity contribution is -0.137. The van der Waals surface area contributed by atoms with Gasteiger partial charge in [-0.2, -0.15) is 0 Å². The molecule has 0 saturated carbocycles. The molecule has 24 N–H and O–H groups in total. The lowest BCUT2D eigenvalue weighted by Crippen LogP contribution is -2.61. The van der Waals surface area contributed by atoms with Gasteiger partial charge in [0.25, 0.3) is 0 Å². The quantitative estimate of drug-likeness (QED) is 0.0358. The molecule has 0 aromatic carbocycles. The first-order valence-electron chi connectivity index (χ1n) is 25.4. The van der Waals surface area contributed by atoms with Gasteiger partial charge in [0.15, 0.2) is 0 Å². The second-order valence-electron chi connectivity index (χ2n) is 18.0. The number of aliphatic hydroxyl groups excluding tert-OH is 3. The van der Waals surface area contributed by atoms with Crippen LogP contribution in [0.2, 0.25) is 0 Å². The van der Waals surface area contributed by atoms with Gasteiger partial charge >= 0.3 is 0 Å². The first-order valence-corrected chi connectivity index (χ1v) is 25.4. The molecule has 428 valence electrons. The van der Waals surface area contributed by atoms with Gasteiger partial charge in [-0.05, 0) is 91.5 Å². The lowest BCUT2D eigenvalue weighted by Gasteiger charge is -2.28. The summed E-state index contributed by atoms with van der Waals surface area (Å²) in [5.41, 5.74) is 28.7. The standard InChI is InChI=1S/C45H84N16O14/c1-4-5-6-7-8-9-33(65)53-27(11-17-47)43(73)61-36(25(3)64)45(75)58-30(14-20-50)40(70)56-31-15-21-51-38(68)32(23-62)59-41(71)28(12-18-48)55-39(69)29(13-19-49)57-44(74)35(24(2)63)60-34(66)22-52-37(67)26(10-16-46)54-42(31)72/h24-32,35-36,62-64H,4-23,46-50H2,1-3H3,(H,51,68)(H,52,67)(H,53,65)(H,54,72)(H,55,69)(H,56,70)(H,57,74)(H,58,75)(H,59,71)(H,60,66)(H,61,73)/t24-,25-,26+,27+,28+,29+,30+,31+,32+,35+,36+/m1/s1. The molecule has 0 unspecified atom stereocenters. The first-order chi connectivity index (χ1) is 35.6. The van der Waals surface area contributed by atoms with E-state index >= 15 is 0 Å². The number of unbranched alkanes of at least 4 members (excludes halogenated alkanes) is 4. The van der Waals surface area contributed by atoms with Gasteiger partial charge in [0.2, 0.25) is 65.0 Å². The average molecular weight is 1070 g/mol. The predicted molar refractivity (Wildman–Crippen MR) is 270 cm³/mol. The molecule has 11 atom stereocenters. The average Bonchev–Trinajstić information content (AvgIpc) is 3.35. The topological polar surface area (TPSA) is 511 Å². The SMILES string of the molecule is CCCCCCCC(=O)N[C@@H](CCN)C(=O)N[C@H](C(=O)N[C@@H](CCN)C(=O)N[C@H]1CCNC(=O)[C@H](CO)NC(=O)[C@H](CCN)NC(=O)[C@H](CCN)NC(=O)[C@H]([C@@H](C)O)NC(=O)CNC(=O)[C@H](CCN)NC1=O)[C@@H](C)O. The van der Waals surface area contributed by atoms with Crippen LogP contribution in [0.3, 0.4) is 0 Å². The van der Waals surface area contributed by atoms with Gasteiger partial charge in [0, 0.05) is 13.0 Å². The maximum atomic E-state index is 14.0. The van der Waals surface area contributed by atoms with E-state index in [1.54, 1.807) is 0 Å². The molecule has 1 aliphatic rings. The van der Waals surface area contributed by atoms with Crippen LogP contribution >= 0.6 is 0 Å². The van der Waals surface area contributed by atoms with Crippen molar-refractivity contribution in [2.24, 2.45) is 28.7 Å². The number of nitrogens with two attached hydrogens (primary N) is 5. The fourth-order valence-corrected chi connectivity index (χ4v) is 7.45. The largest absolute Gasteiger partial charge is 0.394 e. The van der Waals surface area contributed by atoms with Crippen LogP contribution in [0, 0.1) is 0 Å². The predicted octanol–water partition coefficient (Wildman–Crippen LogP) is -9.16. The van der Waals surface area contributed by atoms with Crippen LogP contribution in [0.25, 0.3) is 0 Å². The van der Waals surface area contributed by atoms with Crippen LogP contribution in [-0.2, 0) is 52.7 Å². The van der Waals surface area contributed by atoms with Gasteiger partial charge in [-0.1, -0.05) is 32.6 Å². The number of carbonyl (C=O) groups is 11. The Kier molecular flexibility index (Phi) is 32.8. The van der Waals surface area contributed by atoms with Crippen LogP contribution in [0.4, 0.5) is 0 Å². The highest BCUT2D eigenvalue weighted by Gasteiger charge is 2.36. The lowest BCUT2D eigenvalue weighted by atomic mass is 10.1. The number of amides is 11. The molecule has 1 rings (SSSR count). The van der Waals surface area contributed by atoms with Crippen LogP contribution in [0.15, 0.2) is 0 Å². The highest BCUT2D eigenvalue weighted by molar-refractivity contribution is 5.98. The zero-order valence-electron chi connectivity index (χ0n) is 43.2. The third-order valence-corrected chi connectivity index (χ3v) is 11.7. The maximum absolute atomic E-state index is 14.0. The maximum Gasteiger partial charge on any atom is 0.245 e. The van der Waals surface area contributed by atoms with Crippen molar-refractivity contribution < 1.29 is 68.1 Å². The summed E-state index contributed by atoms with van der Waals surface area (Å²) in [6, 6.07) is -13.8. The number of nitrogens with one attached hydrogen (secondary N) is 11. The third-order valence-electron chi connectivity index (χ3n) is 11.7. The number of aliphatic hydroxyl groups is 3. The van der Waals surface area contributed by atoms with Crippen molar-refractivity contribution in [2.45, 2.75) is 164 Å². The second kappa shape index (κ2) is 36.7. The Bertz CT molecular complexity index is 1880. The highest BCUT2D eigenvalue weighted by atomic mass is 16.3. The van der Waals surface area contributed by atoms with E-state index in [-0.39, 0.29) is 71.2 Å². The molecule has 0 bridgehead atoms. The summed E-state index contributed by atoms with van der Waals surface area (Å²) in [6.07, 6.45) is -0.00317. The van der Waals surface area contributed by atoms with Gasteiger partial charge in [-0.3, -0.25) is 52.7 Å². The van der Waals surface area contributed by atoms with Gasteiger partial charge < -0.3 is 102 Å². The molecule has 0 aromatic heterocycles. The van der Waals surface area contributed by atoms with Gasteiger partial charge in [-0.15, -0.1) is 0 Å². The van der Waals surface area contributed by atoms with E-state index in [0.29, 0.717) is 6.42 Å². The van der Waals surface area contributed by atoms with Gasteiger partial charge in [0.05, 0.1) is 25.4 Å². The Hall–Kier alpha value is -6.15. The fraction of sp³-hybridized carbons (Fsp3) is 0.756. The van der Waals surface area contributed by atoms with Crippen molar-refractivity contribution in [1.29, 1.82) is 0 Å². The molecule has 75 heavy (non-hydrogen) atoms. The monoisotopic (exact) mass is 1070 g/mol. The molecule has 0 aromatic rings. The number of hydrogen-bond acceptors (Lipinski definition) is 19. The summed E-state index contributed by atoms with van der Waals surface area (Å²) in [5, 5.41) is 57.6. The molecule has 1 aliphatic heterocycles.